The SMILES string of the molecule is CCc1c(O)ccc2scc(C)c12. The van der Waals surface area contributed by atoms with Crippen LogP contribution in [0.1, 0.15) is 18.1 Å². The molecular weight excluding hydrogens is 180 g/mol. The van der Waals surface area contributed by atoms with E-state index in [-0.39, 0.29) is 0 Å². The topological polar surface area (TPSA) is 20.2 Å². The second-order valence-electron chi connectivity index (χ2n) is 3.21. The van der Waals surface area contributed by atoms with E-state index in [0.717, 1.165) is 12.0 Å². The lowest BCUT2D eigenvalue weighted by molar-refractivity contribution is 0.470. The molecule has 2 aromatic rings. The van der Waals surface area contributed by atoms with Gasteiger partial charge in [-0.1, -0.05) is 6.92 Å². The number of fused-ring (bicyclic) bond motifs is 1. The number of phenolic OH excluding ortho intramolecular Hbond substituents is 1. The molecule has 0 aliphatic heterocycles. The summed E-state index contributed by atoms with van der Waals surface area (Å²) in [5.74, 6) is 0.427. The molecular formula is C11H12OS. The van der Waals surface area contributed by atoms with Gasteiger partial charge in [-0.3, -0.25) is 0 Å². The summed E-state index contributed by atoms with van der Waals surface area (Å²) in [7, 11) is 0. The number of aromatic hydroxyl groups is 1. The Morgan fingerprint density at radius 2 is 2.15 bits per heavy atom. The Morgan fingerprint density at radius 3 is 2.85 bits per heavy atom. The summed E-state index contributed by atoms with van der Waals surface area (Å²) in [5, 5.41) is 13.0. The first-order valence-electron chi connectivity index (χ1n) is 4.42. The molecule has 2 rings (SSSR count). The van der Waals surface area contributed by atoms with Crippen molar-refractivity contribution in [2.24, 2.45) is 0 Å². The molecule has 0 spiro atoms. The predicted molar refractivity (Wildman–Crippen MR) is 57.6 cm³/mol. The third kappa shape index (κ3) is 1.22. The molecule has 13 heavy (non-hydrogen) atoms. The van der Waals surface area contributed by atoms with Crippen LogP contribution in [0, 0.1) is 6.92 Å². The number of hydrogen-bond acceptors (Lipinski definition) is 2. The van der Waals surface area contributed by atoms with Gasteiger partial charge in [-0.25, -0.2) is 0 Å². The van der Waals surface area contributed by atoms with Crippen molar-refractivity contribution in [1.29, 1.82) is 0 Å². The number of benzene rings is 1. The monoisotopic (exact) mass is 192 g/mol. The molecule has 0 aliphatic carbocycles. The van der Waals surface area contributed by atoms with Crippen molar-refractivity contribution < 1.29 is 5.11 Å². The maximum atomic E-state index is 9.66. The van der Waals surface area contributed by atoms with E-state index >= 15 is 0 Å². The highest BCUT2D eigenvalue weighted by Gasteiger charge is 2.08. The van der Waals surface area contributed by atoms with Crippen LogP contribution in [0.3, 0.4) is 0 Å². The van der Waals surface area contributed by atoms with Crippen LogP contribution in [0.4, 0.5) is 0 Å². The van der Waals surface area contributed by atoms with Gasteiger partial charge in [0.1, 0.15) is 5.75 Å². The van der Waals surface area contributed by atoms with Crippen molar-refractivity contribution in [3.8, 4) is 5.75 Å². The lowest BCUT2D eigenvalue weighted by Crippen LogP contribution is -1.83. The largest absolute Gasteiger partial charge is 0.508 e. The molecule has 1 nitrogen and oxygen atoms in total. The summed E-state index contributed by atoms with van der Waals surface area (Å²) in [6.45, 7) is 4.17. The molecule has 2 heteroatoms. The minimum absolute atomic E-state index is 0.427. The molecule has 0 aliphatic rings. The molecule has 1 N–H and O–H groups in total. The normalized spacial score (nSPS) is 10.9. The zero-order valence-corrected chi connectivity index (χ0v) is 8.61. The van der Waals surface area contributed by atoms with Crippen LogP contribution in [0.5, 0.6) is 5.75 Å². The molecule has 68 valence electrons. The van der Waals surface area contributed by atoms with E-state index in [1.54, 1.807) is 17.4 Å². The van der Waals surface area contributed by atoms with Gasteiger partial charge in [-0.05, 0) is 36.4 Å². The molecule has 1 aromatic heterocycles. The van der Waals surface area contributed by atoms with Crippen molar-refractivity contribution >= 4 is 21.4 Å². The zero-order valence-electron chi connectivity index (χ0n) is 7.79. The van der Waals surface area contributed by atoms with Crippen LogP contribution >= 0.6 is 11.3 Å². The molecule has 0 fully saturated rings. The van der Waals surface area contributed by atoms with Crippen molar-refractivity contribution in [1.82, 2.24) is 0 Å². The predicted octanol–water partition coefficient (Wildman–Crippen LogP) is 3.48. The standard InChI is InChI=1S/C11H12OS/c1-3-8-9(12)4-5-10-11(8)7(2)6-13-10/h4-6,12H,3H2,1-2H3. The summed E-state index contributed by atoms with van der Waals surface area (Å²) in [6, 6.07) is 3.78. The highest BCUT2D eigenvalue weighted by molar-refractivity contribution is 7.17. The third-order valence-corrected chi connectivity index (χ3v) is 3.43. The van der Waals surface area contributed by atoms with Gasteiger partial charge in [0.05, 0.1) is 0 Å². The van der Waals surface area contributed by atoms with E-state index in [0.29, 0.717) is 5.75 Å². The fraction of sp³-hybridized carbons (Fsp3) is 0.273. The summed E-state index contributed by atoms with van der Waals surface area (Å²) < 4.78 is 1.27. The fourth-order valence-electron chi connectivity index (χ4n) is 1.71. The average molecular weight is 192 g/mol. The zero-order chi connectivity index (χ0) is 9.42. The van der Waals surface area contributed by atoms with Gasteiger partial charge in [-0.2, -0.15) is 0 Å². The average Bonchev–Trinajstić information content (AvgIpc) is 2.49. The van der Waals surface area contributed by atoms with Crippen molar-refractivity contribution in [3.05, 3.63) is 28.6 Å². The first-order chi connectivity index (χ1) is 6.24. The molecule has 0 atom stereocenters. The number of thiophene rings is 1. The summed E-state index contributed by atoms with van der Waals surface area (Å²) in [5.41, 5.74) is 2.35. The van der Waals surface area contributed by atoms with E-state index in [4.69, 9.17) is 0 Å². The van der Waals surface area contributed by atoms with Gasteiger partial charge in [0, 0.05) is 15.6 Å². The summed E-state index contributed by atoms with van der Waals surface area (Å²) >= 11 is 1.74. The first-order valence-corrected chi connectivity index (χ1v) is 5.30. The van der Waals surface area contributed by atoms with E-state index in [2.05, 4.69) is 19.2 Å². The molecule has 0 saturated heterocycles. The Bertz CT molecular complexity index is 443. The highest BCUT2D eigenvalue weighted by Crippen LogP contribution is 2.33. The summed E-state index contributed by atoms with van der Waals surface area (Å²) in [4.78, 5) is 0. The number of hydrogen-bond donors (Lipinski definition) is 1. The van der Waals surface area contributed by atoms with Crippen molar-refractivity contribution in [3.63, 3.8) is 0 Å². The lowest BCUT2D eigenvalue weighted by atomic mass is 10.0. The Morgan fingerprint density at radius 1 is 1.38 bits per heavy atom. The number of phenols is 1. The van der Waals surface area contributed by atoms with E-state index in [1.807, 2.05) is 6.07 Å². The van der Waals surface area contributed by atoms with E-state index in [1.165, 1.54) is 15.6 Å². The molecule has 1 aromatic carbocycles. The van der Waals surface area contributed by atoms with Gasteiger partial charge < -0.3 is 5.11 Å². The van der Waals surface area contributed by atoms with Gasteiger partial charge in [0.25, 0.3) is 0 Å². The molecule has 0 amide bonds. The number of aryl methyl sites for hydroxylation is 2. The molecule has 0 saturated carbocycles. The molecule has 0 radical (unpaired) electrons. The second kappa shape index (κ2) is 3.04. The minimum atomic E-state index is 0.427. The molecule has 0 unspecified atom stereocenters. The molecule has 0 bridgehead atoms. The Labute approximate surface area is 81.6 Å². The van der Waals surface area contributed by atoms with Crippen LogP contribution in [-0.2, 0) is 6.42 Å². The Hall–Kier alpha value is -1.02. The fourth-order valence-corrected chi connectivity index (χ4v) is 2.68. The second-order valence-corrected chi connectivity index (χ2v) is 4.12. The van der Waals surface area contributed by atoms with E-state index in [9.17, 15) is 5.11 Å². The Kier molecular flexibility index (Phi) is 2.00. The van der Waals surface area contributed by atoms with Gasteiger partial charge >= 0.3 is 0 Å². The third-order valence-electron chi connectivity index (χ3n) is 2.36. The maximum absolute atomic E-state index is 9.66. The van der Waals surface area contributed by atoms with Gasteiger partial charge in [0.15, 0.2) is 0 Å². The van der Waals surface area contributed by atoms with E-state index < -0.39 is 0 Å². The molecule has 1 heterocycles. The highest BCUT2D eigenvalue weighted by atomic mass is 32.1. The number of rotatable bonds is 1. The Balaban J connectivity index is 2.88. The van der Waals surface area contributed by atoms with Crippen LogP contribution in [0.25, 0.3) is 10.1 Å². The van der Waals surface area contributed by atoms with Gasteiger partial charge in [0.2, 0.25) is 0 Å². The van der Waals surface area contributed by atoms with Crippen LogP contribution in [0.15, 0.2) is 17.5 Å². The van der Waals surface area contributed by atoms with Crippen LogP contribution in [0.2, 0.25) is 0 Å². The van der Waals surface area contributed by atoms with Crippen LogP contribution in [-0.4, -0.2) is 5.11 Å². The maximum Gasteiger partial charge on any atom is 0.119 e. The van der Waals surface area contributed by atoms with Crippen molar-refractivity contribution in [2.75, 3.05) is 0 Å². The first kappa shape index (κ1) is 8.57. The quantitative estimate of drug-likeness (QED) is 0.733. The van der Waals surface area contributed by atoms with Crippen molar-refractivity contribution in [2.45, 2.75) is 20.3 Å². The minimum Gasteiger partial charge on any atom is -0.508 e. The van der Waals surface area contributed by atoms with Crippen LogP contribution < -0.4 is 0 Å². The summed E-state index contributed by atoms with van der Waals surface area (Å²) in [6.07, 6.45) is 0.890. The lowest BCUT2D eigenvalue weighted by Gasteiger charge is -2.03. The van der Waals surface area contributed by atoms with Gasteiger partial charge in [-0.15, -0.1) is 11.3 Å². The smallest absolute Gasteiger partial charge is 0.119 e.